The van der Waals surface area contributed by atoms with E-state index >= 15 is 0 Å². The van der Waals surface area contributed by atoms with Crippen LogP contribution in [-0.4, -0.2) is 26.1 Å². The molecule has 0 spiro atoms. The van der Waals surface area contributed by atoms with Crippen molar-refractivity contribution in [2.75, 3.05) is 18.1 Å². The molecule has 9 heteroatoms. The number of aryl methyl sites for hydroxylation is 1. The van der Waals surface area contributed by atoms with Gasteiger partial charge in [-0.05, 0) is 39.0 Å². The molecule has 0 fully saturated rings. The molecule has 4 rings (SSSR count). The van der Waals surface area contributed by atoms with Crippen LogP contribution in [0.3, 0.4) is 0 Å². The molecule has 3 aromatic rings. The number of fused-ring (bicyclic) bond motifs is 2. The van der Waals surface area contributed by atoms with Gasteiger partial charge >= 0.3 is 10.4 Å². The Balaban J connectivity index is 0.000000318. The Hall–Kier alpha value is -1.91. The summed E-state index contributed by atoms with van der Waals surface area (Å²) in [6.07, 6.45) is 2.35. The molecule has 1 N–H and O–H groups in total. The summed E-state index contributed by atoms with van der Waals surface area (Å²) in [5.41, 5.74) is 2.66. The van der Waals surface area contributed by atoms with E-state index in [1.807, 2.05) is 23.1 Å². The maximum absolute atomic E-state index is 9.56. The fraction of sp³-hybridized carbons (Fsp3) is 0.286. The minimum absolute atomic E-state index is 0.0289. The van der Waals surface area contributed by atoms with E-state index in [1.54, 1.807) is 0 Å². The van der Waals surface area contributed by atoms with Crippen LogP contribution in [0.25, 0.3) is 16.3 Å². The van der Waals surface area contributed by atoms with Crippen LogP contribution < -0.4 is 9.47 Å². The van der Waals surface area contributed by atoms with Crippen molar-refractivity contribution in [3.63, 3.8) is 0 Å². The average molecular weight is 466 g/mol. The summed E-state index contributed by atoms with van der Waals surface area (Å²) >= 11 is 3.75. The molecule has 0 radical (unpaired) electrons. The standard InChI is InChI=1S/C19H19N2S2.C2H6O4S/c1-3-20-14-9-5-7-11-16(14)22-18(20)13-19-21(4-2)15-10-6-8-12-17(15)23-19;1-2-6-7(3,4)5/h5-13H,3-4H2,1-2H3;2H2,1H3,(H,3,4,5)/q+1;. The van der Waals surface area contributed by atoms with Crippen molar-refractivity contribution in [1.82, 2.24) is 0 Å². The molecule has 0 unspecified atom stereocenters. The molecule has 0 saturated carbocycles. The Morgan fingerprint density at radius 1 is 1.10 bits per heavy atom. The largest absolute Gasteiger partial charge is 0.397 e. The van der Waals surface area contributed by atoms with E-state index in [9.17, 15) is 8.42 Å². The van der Waals surface area contributed by atoms with Gasteiger partial charge in [-0.2, -0.15) is 13.0 Å². The molecule has 0 atom stereocenters. The lowest BCUT2D eigenvalue weighted by Gasteiger charge is -2.17. The van der Waals surface area contributed by atoms with Crippen LogP contribution in [0.4, 0.5) is 5.69 Å². The number of thioether (sulfide) groups is 1. The van der Waals surface area contributed by atoms with Crippen molar-refractivity contribution < 1.29 is 21.7 Å². The van der Waals surface area contributed by atoms with Gasteiger partial charge in [0.25, 0.3) is 5.01 Å². The maximum Gasteiger partial charge on any atom is 0.397 e. The van der Waals surface area contributed by atoms with E-state index in [-0.39, 0.29) is 6.61 Å². The highest BCUT2D eigenvalue weighted by atomic mass is 32.3. The molecule has 2 heterocycles. The second-order valence-corrected chi connectivity index (χ2v) is 9.50. The zero-order valence-electron chi connectivity index (χ0n) is 17.1. The van der Waals surface area contributed by atoms with Gasteiger partial charge in [0.1, 0.15) is 11.2 Å². The molecular formula is C21H25N2O4S3+. The molecular weight excluding hydrogens is 440 g/mol. The lowest BCUT2D eigenvalue weighted by molar-refractivity contribution is -0.665. The highest BCUT2D eigenvalue weighted by molar-refractivity contribution is 8.03. The lowest BCUT2D eigenvalue weighted by atomic mass is 10.3. The van der Waals surface area contributed by atoms with Crippen molar-refractivity contribution >= 4 is 55.5 Å². The molecule has 0 aliphatic carbocycles. The number of hydrogen-bond acceptors (Lipinski definition) is 6. The van der Waals surface area contributed by atoms with Crippen LogP contribution in [0.2, 0.25) is 0 Å². The monoisotopic (exact) mass is 465 g/mol. The number of hydrogen-bond donors (Lipinski definition) is 1. The van der Waals surface area contributed by atoms with Crippen LogP contribution in [0, 0.1) is 0 Å². The number of rotatable bonds is 5. The van der Waals surface area contributed by atoms with Gasteiger partial charge in [-0.15, -0.1) is 0 Å². The van der Waals surface area contributed by atoms with Gasteiger partial charge in [-0.1, -0.05) is 47.4 Å². The van der Waals surface area contributed by atoms with Gasteiger partial charge in [0.2, 0.25) is 5.52 Å². The lowest BCUT2D eigenvalue weighted by Crippen LogP contribution is -2.33. The summed E-state index contributed by atoms with van der Waals surface area (Å²) < 4.78 is 34.4. The Bertz CT molecular complexity index is 1160. The van der Waals surface area contributed by atoms with Crippen LogP contribution in [0.15, 0.2) is 58.5 Å². The van der Waals surface area contributed by atoms with E-state index in [0.717, 1.165) is 13.1 Å². The van der Waals surface area contributed by atoms with Gasteiger partial charge in [0, 0.05) is 17.5 Å². The van der Waals surface area contributed by atoms with Gasteiger partial charge in [0.15, 0.2) is 0 Å². The third kappa shape index (κ3) is 5.22. The first-order valence-corrected chi connectivity index (χ1v) is 12.7. The van der Waals surface area contributed by atoms with Crippen LogP contribution in [-0.2, 0) is 21.1 Å². The Labute approximate surface area is 185 Å². The summed E-state index contributed by atoms with van der Waals surface area (Å²) in [6, 6.07) is 17.3. The number of anilines is 1. The molecule has 160 valence electrons. The summed E-state index contributed by atoms with van der Waals surface area (Å²) in [7, 11) is -4.17. The molecule has 6 nitrogen and oxygen atoms in total. The van der Waals surface area contributed by atoms with Gasteiger partial charge in [0.05, 0.1) is 23.4 Å². The van der Waals surface area contributed by atoms with Crippen LogP contribution >= 0.6 is 23.1 Å². The summed E-state index contributed by atoms with van der Waals surface area (Å²) in [4.78, 5) is 3.76. The zero-order valence-corrected chi connectivity index (χ0v) is 19.6. The minimum Gasteiger partial charge on any atom is -0.335 e. The van der Waals surface area contributed by atoms with E-state index < -0.39 is 10.4 Å². The molecule has 1 aromatic heterocycles. The highest BCUT2D eigenvalue weighted by Gasteiger charge is 2.26. The van der Waals surface area contributed by atoms with E-state index in [2.05, 4.69) is 82.1 Å². The average Bonchev–Trinajstić information content (AvgIpc) is 3.24. The van der Waals surface area contributed by atoms with Crippen LogP contribution in [0.5, 0.6) is 0 Å². The van der Waals surface area contributed by atoms with Gasteiger partial charge in [-0.25, -0.2) is 4.18 Å². The molecule has 0 amide bonds. The molecule has 2 aromatic carbocycles. The topological polar surface area (TPSA) is 70.7 Å². The first kappa shape index (κ1) is 22.8. The summed E-state index contributed by atoms with van der Waals surface area (Å²) in [6.45, 7) is 7.86. The normalized spacial score (nSPS) is 14.7. The molecule has 0 bridgehead atoms. The van der Waals surface area contributed by atoms with Crippen molar-refractivity contribution in [2.45, 2.75) is 32.2 Å². The molecule has 30 heavy (non-hydrogen) atoms. The fourth-order valence-electron chi connectivity index (χ4n) is 3.23. The molecule has 1 aliphatic heterocycles. The predicted octanol–water partition coefficient (Wildman–Crippen LogP) is 4.97. The van der Waals surface area contributed by atoms with Crippen molar-refractivity contribution in [1.29, 1.82) is 0 Å². The van der Waals surface area contributed by atoms with Gasteiger partial charge < -0.3 is 4.90 Å². The maximum atomic E-state index is 9.56. The van der Waals surface area contributed by atoms with Crippen molar-refractivity contribution in [3.05, 3.63) is 58.6 Å². The Kier molecular flexibility index (Phi) is 7.54. The minimum atomic E-state index is -4.17. The third-order valence-electron chi connectivity index (χ3n) is 4.42. The number of thiazole rings is 1. The number of para-hydroxylation sites is 2. The molecule has 0 saturated heterocycles. The predicted molar refractivity (Wildman–Crippen MR) is 124 cm³/mol. The van der Waals surface area contributed by atoms with E-state index in [4.69, 9.17) is 4.55 Å². The second kappa shape index (κ2) is 9.93. The fourth-order valence-corrected chi connectivity index (χ4v) is 5.93. The van der Waals surface area contributed by atoms with E-state index in [1.165, 1.54) is 37.8 Å². The molecule has 1 aliphatic rings. The second-order valence-electron chi connectivity index (χ2n) is 6.28. The highest BCUT2D eigenvalue weighted by Crippen LogP contribution is 2.46. The summed E-state index contributed by atoms with van der Waals surface area (Å²) in [5.74, 6) is 0. The SMILES string of the molecule is CCN1/C(=C\c2sc3ccccc3[n+]2CC)Sc2ccccc21.CCOS(=O)(=O)O. The summed E-state index contributed by atoms with van der Waals surface area (Å²) in [5, 5.41) is 2.64. The van der Waals surface area contributed by atoms with Gasteiger partial charge in [-0.3, -0.25) is 4.55 Å². The number of aromatic nitrogens is 1. The van der Waals surface area contributed by atoms with Crippen molar-refractivity contribution in [2.24, 2.45) is 0 Å². The Morgan fingerprint density at radius 3 is 2.43 bits per heavy atom. The number of nitrogens with zero attached hydrogens (tertiary/aromatic N) is 2. The van der Waals surface area contributed by atoms with Crippen LogP contribution in [0.1, 0.15) is 25.8 Å². The quantitative estimate of drug-likeness (QED) is 0.424. The number of benzene rings is 2. The first-order chi connectivity index (χ1) is 14.4. The van der Waals surface area contributed by atoms with E-state index in [0.29, 0.717) is 0 Å². The van der Waals surface area contributed by atoms with Crippen molar-refractivity contribution in [3.8, 4) is 0 Å². The first-order valence-electron chi connectivity index (χ1n) is 9.67. The Morgan fingerprint density at radius 2 is 1.80 bits per heavy atom. The smallest absolute Gasteiger partial charge is 0.335 e. The zero-order chi connectivity index (χ0) is 21.7. The third-order valence-corrected chi connectivity index (χ3v) is 7.18.